The molecule has 6 heteroatoms. The lowest BCUT2D eigenvalue weighted by molar-refractivity contribution is -0.167. The molecule has 0 amide bonds. The molecular weight excluding hydrogens is 949 g/mol. The Morgan fingerprint density at radius 2 is 0.506 bits per heavy atom. The van der Waals surface area contributed by atoms with Crippen molar-refractivity contribution in [1.82, 2.24) is 0 Å². The van der Waals surface area contributed by atoms with Crippen molar-refractivity contribution in [3.63, 3.8) is 0 Å². The van der Waals surface area contributed by atoms with Crippen LogP contribution in [0.15, 0.2) is 85.1 Å². The minimum Gasteiger partial charge on any atom is -0.462 e. The molecule has 0 bridgehead atoms. The van der Waals surface area contributed by atoms with E-state index in [4.69, 9.17) is 14.2 Å². The highest BCUT2D eigenvalue weighted by molar-refractivity contribution is 5.71. The number of unbranched alkanes of at least 4 members (excludes halogenated alkanes) is 35. The van der Waals surface area contributed by atoms with Crippen molar-refractivity contribution in [2.45, 2.75) is 335 Å². The molecule has 0 saturated heterocycles. The van der Waals surface area contributed by atoms with Crippen LogP contribution in [-0.2, 0) is 28.6 Å². The summed E-state index contributed by atoms with van der Waals surface area (Å²) in [7, 11) is 0. The van der Waals surface area contributed by atoms with Crippen molar-refractivity contribution < 1.29 is 28.6 Å². The lowest BCUT2D eigenvalue weighted by Crippen LogP contribution is -2.30. The number of carbonyl (C=O) groups excluding carboxylic acids is 3. The smallest absolute Gasteiger partial charge is 0.306 e. The third-order valence-electron chi connectivity index (χ3n) is 14.4. The summed E-state index contributed by atoms with van der Waals surface area (Å²) in [6.07, 6.45) is 86.0. The fourth-order valence-electron chi connectivity index (χ4n) is 9.44. The van der Waals surface area contributed by atoms with Gasteiger partial charge < -0.3 is 14.2 Å². The summed E-state index contributed by atoms with van der Waals surface area (Å²) in [5.74, 6) is -0.867. The number of rotatable bonds is 60. The van der Waals surface area contributed by atoms with Crippen molar-refractivity contribution in [3.8, 4) is 0 Å². The van der Waals surface area contributed by atoms with Crippen molar-refractivity contribution in [3.05, 3.63) is 85.1 Å². The largest absolute Gasteiger partial charge is 0.462 e. The minimum atomic E-state index is -0.777. The minimum absolute atomic E-state index is 0.0742. The van der Waals surface area contributed by atoms with Crippen LogP contribution in [0.2, 0.25) is 0 Å². The average molecular weight is 1070 g/mol. The van der Waals surface area contributed by atoms with Gasteiger partial charge in [0.2, 0.25) is 0 Å². The van der Waals surface area contributed by atoms with Crippen LogP contribution < -0.4 is 0 Å². The van der Waals surface area contributed by atoms with Crippen LogP contribution in [0.25, 0.3) is 0 Å². The second-order valence-electron chi connectivity index (χ2n) is 22.0. The van der Waals surface area contributed by atoms with Crippen molar-refractivity contribution in [2.75, 3.05) is 13.2 Å². The predicted molar refractivity (Wildman–Crippen MR) is 334 cm³/mol. The first-order chi connectivity index (χ1) is 38.0. The Morgan fingerprint density at radius 3 is 0.805 bits per heavy atom. The SMILES string of the molecule is CC/C=C\C/C=C\C/C=C\C/C=C\C/C=C\C/C=C\CCCCCCCCCCCCCCC(=O)OCC(COC(=O)CCCCCCCCCCCCC)OC(=O)CCCCCCCCC/C=C\CCCCCCCC. The van der Waals surface area contributed by atoms with Gasteiger partial charge in [0.25, 0.3) is 0 Å². The fraction of sp³-hybridized carbons (Fsp3) is 0.761. The highest BCUT2D eigenvalue weighted by Crippen LogP contribution is 2.17. The Hall–Kier alpha value is -3.41. The maximum Gasteiger partial charge on any atom is 0.306 e. The molecule has 0 rings (SSSR count). The predicted octanol–water partition coefficient (Wildman–Crippen LogP) is 22.7. The zero-order valence-corrected chi connectivity index (χ0v) is 51.0. The van der Waals surface area contributed by atoms with Gasteiger partial charge in [-0.25, -0.2) is 0 Å². The van der Waals surface area contributed by atoms with E-state index in [9.17, 15) is 14.4 Å². The van der Waals surface area contributed by atoms with Gasteiger partial charge in [-0.3, -0.25) is 14.4 Å². The zero-order valence-electron chi connectivity index (χ0n) is 51.0. The Balaban J connectivity index is 4.20. The maximum atomic E-state index is 12.9. The summed E-state index contributed by atoms with van der Waals surface area (Å²) >= 11 is 0. The van der Waals surface area contributed by atoms with Gasteiger partial charge in [-0.1, -0.05) is 298 Å². The van der Waals surface area contributed by atoms with Crippen LogP contribution in [0, 0.1) is 0 Å². The molecule has 0 radical (unpaired) electrons. The summed E-state index contributed by atoms with van der Waals surface area (Å²) in [5.41, 5.74) is 0. The van der Waals surface area contributed by atoms with E-state index in [1.807, 2.05) is 0 Å². The average Bonchev–Trinajstić information content (AvgIpc) is 3.43. The number of carbonyl (C=O) groups is 3. The molecule has 0 aromatic rings. The van der Waals surface area contributed by atoms with Gasteiger partial charge in [0.15, 0.2) is 6.10 Å². The standard InChI is InChI=1S/C71H124O6/c1-4-7-10-13-16-19-22-24-26-28-29-30-31-32-33-34-35-36-37-38-39-40-41-43-44-46-49-52-55-58-61-64-70(73)76-67-68(66-75-69(72)63-60-57-54-51-48-21-18-15-12-9-6-3)77-71(74)65-62-59-56-53-50-47-45-42-27-25-23-20-17-14-11-8-5-2/h7,10,16,19,24-27,29-30,32-33,35-36,68H,4-6,8-9,11-15,17-18,20-23,28,31,34,37-67H2,1-3H3/b10-7-,19-16-,26-24-,27-25-,30-29-,33-32-,36-35-. The van der Waals surface area contributed by atoms with Crippen molar-refractivity contribution in [1.29, 1.82) is 0 Å². The molecule has 0 heterocycles. The molecule has 0 aromatic heterocycles. The zero-order chi connectivity index (χ0) is 55.7. The molecule has 0 saturated carbocycles. The van der Waals surface area contributed by atoms with Crippen LogP contribution in [-0.4, -0.2) is 37.2 Å². The van der Waals surface area contributed by atoms with E-state index in [2.05, 4.69) is 106 Å². The Kier molecular flexibility index (Phi) is 62.2. The normalized spacial score (nSPS) is 12.6. The highest BCUT2D eigenvalue weighted by Gasteiger charge is 2.19. The second-order valence-corrected chi connectivity index (χ2v) is 22.0. The third kappa shape index (κ3) is 63.3. The first-order valence-electron chi connectivity index (χ1n) is 33.1. The quantitative estimate of drug-likeness (QED) is 0.0261. The van der Waals surface area contributed by atoms with E-state index in [0.29, 0.717) is 19.3 Å². The summed E-state index contributed by atoms with van der Waals surface area (Å²) < 4.78 is 16.9. The highest BCUT2D eigenvalue weighted by atomic mass is 16.6. The molecule has 6 nitrogen and oxygen atoms in total. The Bertz CT molecular complexity index is 1470. The second kappa shape index (κ2) is 65.1. The van der Waals surface area contributed by atoms with Gasteiger partial charge in [0.1, 0.15) is 13.2 Å². The maximum absolute atomic E-state index is 12.9. The van der Waals surface area contributed by atoms with E-state index in [1.165, 1.54) is 193 Å². The van der Waals surface area contributed by atoms with Crippen LogP contribution in [0.1, 0.15) is 329 Å². The monoisotopic (exact) mass is 1070 g/mol. The molecule has 0 aliphatic rings. The molecule has 0 spiro atoms. The summed E-state index contributed by atoms with van der Waals surface area (Å²) in [6, 6.07) is 0. The van der Waals surface area contributed by atoms with Gasteiger partial charge in [0, 0.05) is 19.3 Å². The number of esters is 3. The van der Waals surface area contributed by atoms with Gasteiger partial charge in [-0.2, -0.15) is 0 Å². The van der Waals surface area contributed by atoms with E-state index >= 15 is 0 Å². The summed E-state index contributed by atoms with van der Waals surface area (Å²) in [6.45, 7) is 6.54. The number of hydrogen-bond donors (Lipinski definition) is 0. The fourth-order valence-corrected chi connectivity index (χ4v) is 9.44. The lowest BCUT2D eigenvalue weighted by atomic mass is 10.0. The van der Waals surface area contributed by atoms with E-state index in [1.54, 1.807) is 0 Å². The molecule has 0 N–H and O–H groups in total. The van der Waals surface area contributed by atoms with Gasteiger partial charge >= 0.3 is 17.9 Å². The van der Waals surface area contributed by atoms with Crippen LogP contribution in [0.3, 0.4) is 0 Å². The molecule has 444 valence electrons. The lowest BCUT2D eigenvalue weighted by Gasteiger charge is -2.18. The van der Waals surface area contributed by atoms with Gasteiger partial charge in [0.05, 0.1) is 0 Å². The van der Waals surface area contributed by atoms with Crippen LogP contribution >= 0.6 is 0 Å². The first kappa shape index (κ1) is 73.6. The Labute approximate surface area is 477 Å². The van der Waals surface area contributed by atoms with Crippen LogP contribution in [0.4, 0.5) is 0 Å². The first-order valence-corrected chi connectivity index (χ1v) is 33.1. The van der Waals surface area contributed by atoms with Crippen LogP contribution in [0.5, 0.6) is 0 Å². The topological polar surface area (TPSA) is 78.9 Å². The van der Waals surface area contributed by atoms with Crippen molar-refractivity contribution >= 4 is 17.9 Å². The molecule has 77 heavy (non-hydrogen) atoms. The van der Waals surface area contributed by atoms with Crippen molar-refractivity contribution in [2.24, 2.45) is 0 Å². The molecule has 0 fully saturated rings. The van der Waals surface area contributed by atoms with E-state index in [-0.39, 0.29) is 31.1 Å². The third-order valence-corrected chi connectivity index (χ3v) is 14.4. The summed E-state index contributed by atoms with van der Waals surface area (Å²) in [5, 5.41) is 0. The molecule has 0 aliphatic carbocycles. The van der Waals surface area contributed by atoms with E-state index in [0.717, 1.165) is 96.3 Å². The number of hydrogen-bond acceptors (Lipinski definition) is 6. The molecule has 0 aliphatic heterocycles. The molecule has 1 atom stereocenters. The Morgan fingerprint density at radius 1 is 0.273 bits per heavy atom. The van der Waals surface area contributed by atoms with Gasteiger partial charge in [-0.15, -0.1) is 0 Å². The number of ether oxygens (including phenoxy) is 3. The summed E-state index contributed by atoms with van der Waals surface area (Å²) in [4.78, 5) is 38.3. The van der Waals surface area contributed by atoms with E-state index < -0.39 is 6.10 Å². The molecule has 1 unspecified atom stereocenters. The molecule has 0 aromatic carbocycles. The number of allylic oxidation sites excluding steroid dienone is 14. The molecular formula is C71H124O6. The van der Waals surface area contributed by atoms with Gasteiger partial charge in [-0.05, 0) is 96.3 Å².